The molecule has 6 heteroatoms. The van der Waals surface area contributed by atoms with Crippen LogP contribution in [0, 0.1) is 6.92 Å². The van der Waals surface area contributed by atoms with Crippen molar-refractivity contribution in [2.24, 2.45) is 0 Å². The highest BCUT2D eigenvalue weighted by Crippen LogP contribution is 2.23. The minimum Gasteiger partial charge on any atom is -0.355 e. The van der Waals surface area contributed by atoms with E-state index in [1.165, 1.54) is 11.8 Å². The Morgan fingerprint density at radius 1 is 1.27 bits per heavy atom. The van der Waals surface area contributed by atoms with Crippen LogP contribution in [-0.2, 0) is 9.59 Å². The number of halogens is 1. The minimum absolute atomic E-state index is 0.0137. The fourth-order valence-corrected chi connectivity index (χ4v) is 2.34. The van der Waals surface area contributed by atoms with E-state index in [-0.39, 0.29) is 18.4 Å². The zero-order chi connectivity index (χ0) is 16.7. The molecule has 0 saturated heterocycles. The summed E-state index contributed by atoms with van der Waals surface area (Å²) in [5.41, 5.74) is 1.57. The maximum absolute atomic E-state index is 12.0. The number of amides is 2. The van der Waals surface area contributed by atoms with E-state index in [0.717, 1.165) is 18.5 Å². The van der Waals surface area contributed by atoms with Gasteiger partial charge in [0.15, 0.2) is 0 Å². The van der Waals surface area contributed by atoms with Crippen molar-refractivity contribution in [1.82, 2.24) is 10.2 Å². The van der Waals surface area contributed by atoms with E-state index >= 15 is 0 Å². The second-order valence-corrected chi connectivity index (χ2v) is 5.98. The average molecular weight is 326 g/mol. The summed E-state index contributed by atoms with van der Waals surface area (Å²) in [7, 11) is 3.98. The quantitative estimate of drug-likeness (QED) is 0.781. The van der Waals surface area contributed by atoms with Crippen LogP contribution in [0.15, 0.2) is 18.2 Å². The first-order valence-corrected chi connectivity index (χ1v) is 7.64. The normalized spacial score (nSPS) is 10.6. The van der Waals surface area contributed by atoms with Gasteiger partial charge in [0.1, 0.15) is 6.54 Å². The van der Waals surface area contributed by atoms with Gasteiger partial charge in [-0.1, -0.05) is 11.6 Å². The molecule has 1 rings (SSSR count). The van der Waals surface area contributed by atoms with Gasteiger partial charge in [-0.05, 0) is 57.7 Å². The van der Waals surface area contributed by atoms with Crippen LogP contribution >= 0.6 is 11.6 Å². The molecule has 0 spiro atoms. The molecule has 0 bridgehead atoms. The maximum atomic E-state index is 12.0. The molecule has 0 unspecified atom stereocenters. The standard InChI is InChI=1S/C16H24ClN3O2/c1-12-10-14(17)6-7-15(12)20(13(2)21)11-16(22)18-8-5-9-19(3)4/h6-7,10H,5,8-9,11H2,1-4H3,(H,18,22). The molecule has 0 aromatic heterocycles. The topological polar surface area (TPSA) is 52.7 Å². The van der Waals surface area contributed by atoms with E-state index in [1.807, 2.05) is 21.0 Å². The van der Waals surface area contributed by atoms with Gasteiger partial charge in [0.2, 0.25) is 11.8 Å². The van der Waals surface area contributed by atoms with Crippen LogP contribution in [0.2, 0.25) is 5.02 Å². The second kappa shape index (κ2) is 8.76. The van der Waals surface area contributed by atoms with Gasteiger partial charge in [-0.15, -0.1) is 0 Å². The number of anilines is 1. The number of carbonyl (C=O) groups excluding carboxylic acids is 2. The number of rotatable bonds is 7. The Bertz CT molecular complexity index is 532. The molecule has 0 saturated carbocycles. The molecule has 5 nitrogen and oxygen atoms in total. The van der Waals surface area contributed by atoms with E-state index in [2.05, 4.69) is 10.2 Å². The number of nitrogens with zero attached hydrogens (tertiary/aromatic N) is 2. The summed E-state index contributed by atoms with van der Waals surface area (Å²) in [6, 6.07) is 5.26. The zero-order valence-corrected chi connectivity index (χ0v) is 14.4. The lowest BCUT2D eigenvalue weighted by atomic mass is 10.1. The molecule has 0 fully saturated rings. The number of aryl methyl sites for hydroxylation is 1. The third-order valence-electron chi connectivity index (χ3n) is 3.24. The lowest BCUT2D eigenvalue weighted by Crippen LogP contribution is -2.40. The van der Waals surface area contributed by atoms with E-state index < -0.39 is 0 Å². The average Bonchev–Trinajstić information content (AvgIpc) is 2.41. The Morgan fingerprint density at radius 2 is 1.95 bits per heavy atom. The van der Waals surface area contributed by atoms with Crippen molar-refractivity contribution in [3.63, 3.8) is 0 Å². The predicted octanol–water partition coefficient (Wildman–Crippen LogP) is 2.07. The summed E-state index contributed by atoms with van der Waals surface area (Å²) >= 11 is 5.93. The first-order chi connectivity index (χ1) is 10.3. The van der Waals surface area contributed by atoms with Gasteiger partial charge < -0.3 is 15.1 Å². The molecule has 122 valence electrons. The van der Waals surface area contributed by atoms with Crippen LogP contribution < -0.4 is 10.2 Å². The van der Waals surface area contributed by atoms with Crippen LogP contribution in [0.5, 0.6) is 0 Å². The third-order valence-corrected chi connectivity index (χ3v) is 3.47. The van der Waals surface area contributed by atoms with E-state index in [1.54, 1.807) is 18.2 Å². The summed E-state index contributed by atoms with van der Waals surface area (Å²) in [6.45, 7) is 4.84. The summed E-state index contributed by atoms with van der Waals surface area (Å²) in [5.74, 6) is -0.336. The molecule has 0 aliphatic carbocycles. The fraction of sp³-hybridized carbons (Fsp3) is 0.500. The summed E-state index contributed by atoms with van der Waals surface area (Å²) in [5, 5.41) is 3.45. The Hall–Kier alpha value is -1.59. The minimum atomic E-state index is -0.172. The lowest BCUT2D eigenvalue weighted by molar-refractivity contribution is -0.123. The van der Waals surface area contributed by atoms with Gasteiger partial charge in [-0.3, -0.25) is 9.59 Å². The smallest absolute Gasteiger partial charge is 0.240 e. The molecular weight excluding hydrogens is 302 g/mol. The molecule has 1 aromatic carbocycles. The zero-order valence-electron chi connectivity index (χ0n) is 13.6. The van der Waals surface area contributed by atoms with Crippen molar-refractivity contribution in [2.75, 3.05) is 38.6 Å². The molecule has 0 atom stereocenters. The SMILES string of the molecule is CC(=O)N(CC(=O)NCCCN(C)C)c1ccc(Cl)cc1C. The molecule has 2 amide bonds. The number of carbonyl (C=O) groups is 2. The van der Waals surface area contributed by atoms with E-state index in [4.69, 9.17) is 11.6 Å². The number of nitrogens with one attached hydrogen (secondary N) is 1. The van der Waals surface area contributed by atoms with Gasteiger partial charge in [-0.2, -0.15) is 0 Å². The third kappa shape index (κ3) is 6.03. The molecular formula is C16H24ClN3O2. The first-order valence-electron chi connectivity index (χ1n) is 7.27. The number of hydrogen-bond donors (Lipinski definition) is 1. The van der Waals surface area contributed by atoms with Gasteiger partial charge in [-0.25, -0.2) is 0 Å². The summed E-state index contributed by atoms with van der Waals surface area (Å²) in [6.07, 6.45) is 0.874. The fourth-order valence-electron chi connectivity index (χ4n) is 2.11. The van der Waals surface area contributed by atoms with Gasteiger partial charge in [0.25, 0.3) is 0 Å². The molecule has 0 radical (unpaired) electrons. The Kier molecular flexibility index (Phi) is 7.35. The molecule has 1 N–H and O–H groups in total. The monoisotopic (exact) mass is 325 g/mol. The maximum Gasteiger partial charge on any atom is 0.240 e. The Balaban J connectivity index is 2.65. The molecule has 0 aliphatic rings. The van der Waals surface area contributed by atoms with E-state index in [0.29, 0.717) is 17.3 Å². The van der Waals surface area contributed by atoms with E-state index in [9.17, 15) is 9.59 Å². The van der Waals surface area contributed by atoms with Crippen molar-refractivity contribution in [1.29, 1.82) is 0 Å². The van der Waals surface area contributed by atoms with Crippen LogP contribution in [0.3, 0.4) is 0 Å². The summed E-state index contributed by atoms with van der Waals surface area (Å²) < 4.78 is 0. The highest BCUT2D eigenvalue weighted by atomic mass is 35.5. The van der Waals surface area contributed by atoms with Crippen molar-refractivity contribution in [3.8, 4) is 0 Å². The highest BCUT2D eigenvalue weighted by molar-refractivity contribution is 6.30. The van der Waals surface area contributed by atoms with Crippen LogP contribution in [-0.4, -0.2) is 50.4 Å². The second-order valence-electron chi connectivity index (χ2n) is 5.54. The summed E-state index contributed by atoms with van der Waals surface area (Å²) in [4.78, 5) is 27.4. The van der Waals surface area contributed by atoms with Crippen molar-refractivity contribution in [2.45, 2.75) is 20.3 Å². The number of hydrogen-bond acceptors (Lipinski definition) is 3. The Labute approximate surface area is 137 Å². The predicted molar refractivity (Wildman–Crippen MR) is 90.4 cm³/mol. The van der Waals surface area contributed by atoms with Crippen molar-refractivity contribution >= 4 is 29.1 Å². The first kappa shape index (κ1) is 18.5. The van der Waals surface area contributed by atoms with Crippen molar-refractivity contribution < 1.29 is 9.59 Å². The highest BCUT2D eigenvalue weighted by Gasteiger charge is 2.17. The Morgan fingerprint density at radius 3 is 2.50 bits per heavy atom. The lowest BCUT2D eigenvalue weighted by Gasteiger charge is -2.22. The largest absolute Gasteiger partial charge is 0.355 e. The van der Waals surface area contributed by atoms with Crippen LogP contribution in [0.1, 0.15) is 18.9 Å². The van der Waals surface area contributed by atoms with Gasteiger partial charge >= 0.3 is 0 Å². The van der Waals surface area contributed by atoms with Crippen LogP contribution in [0.25, 0.3) is 0 Å². The molecule has 1 aromatic rings. The molecule has 0 aliphatic heterocycles. The van der Waals surface area contributed by atoms with Gasteiger partial charge in [0.05, 0.1) is 0 Å². The molecule has 0 heterocycles. The van der Waals surface area contributed by atoms with Crippen LogP contribution in [0.4, 0.5) is 5.69 Å². The van der Waals surface area contributed by atoms with Crippen molar-refractivity contribution in [3.05, 3.63) is 28.8 Å². The van der Waals surface area contributed by atoms with Gasteiger partial charge in [0, 0.05) is 24.2 Å². The molecule has 22 heavy (non-hydrogen) atoms. The number of benzene rings is 1.